The molecule has 7 heteroatoms. The van der Waals surface area contributed by atoms with Crippen LogP contribution in [0.25, 0.3) is 0 Å². The molecule has 0 aliphatic heterocycles. The van der Waals surface area contributed by atoms with Gasteiger partial charge in [-0.2, -0.15) is 0 Å². The largest absolute Gasteiger partial charge is 0.478 e. The molecule has 6 nitrogen and oxygen atoms in total. The lowest BCUT2D eigenvalue weighted by Gasteiger charge is -2.16. The van der Waals surface area contributed by atoms with Gasteiger partial charge in [0.1, 0.15) is 5.25 Å². The van der Waals surface area contributed by atoms with Gasteiger partial charge in [-0.05, 0) is 45.4 Å². The second-order valence-electron chi connectivity index (χ2n) is 5.13. The Kier molecular flexibility index (Phi) is 5.11. The van der Waals surface area contributed by atoms with Crippen molar-refractivity contribution < 1.29 is 23.1 Å². The molecular weight excluding hydrogens is 294 g/mol. The predicted molar refractivity (Wildman–Crippen MR) is 78.1 cm³/mol. The minimum atomic E-state index is -3.93. The van der Waals surface area contributed by atoms with Gasteiger partial charge in [-0.1, -0.05) is 6.07 Å². The number of hydrogen-bond acceptors (Lipinski definition) is 4. The molecule has 0 spiro atoms. The highest BCUT2D eigenvalue weighted by Gasteiger charge is 2.30. The summed E-state index contributed by atoms with van der Waals surface area (Å²) in [4.78, 5) is 22.8. The van der Waals surface area contributed by atoms with Gasteiger partial charge in [0.25, 0.3) is 0 Å². The number of amides is 1. The number of aryl methyl sites for hydroxylation is 1. The van der Waals surface area contributed by atoms with Gasteiger partial charge in [0.15, 0.2) is 9.84 Å². The van der Waals surface area contributed by atoms with Gasteiger partial charge in [-0.3, -0.25) is 4.79 Å². The lowest BCUT2D eigenvalue weighted by molar-refractivity contribution is -0.120. The van der Waals surface area contributed by atoms with Gasteiger partial charge in [0.2, 0.25) is 5.91 Å². The smallest absolute Gasteiger partial charge is 0.335 e. The number of carboxylic acids is 1. The maximum atomic E-state index is 12.4. The molecule has 0 heterocycles. The molecule has 0 aliphatic rings. The molecule has 1 rings (SSSR count). The van der Waals surface area contributed by atoms with E-state index in [4.69, 9.17) is 5.11 Å². The van der Waals surface area contributed by atoms with Crippen LogP contribution in [0.1, 0.15) is 36.7 Å². The van der Waals surface area contributed by atoms with Gasteiger partial charge in [-0.15, -0.1) is 0 Å². The van der Waals surface area contributed by atoms with Crippen LogP contribution in [0.15, 0.2) is 23.1 Å². The van der Waals surface area contributed by atoms with Crippen LogP contribution in [0.5, 0.6) is 0 Å². The molecule has 0 saturated heterocycles. The zero-order valence-corrected chi connectivity index (χ0v) is 13.2. The standard InChI is InChI=1S/C14H19NO5S/c1-8(2)15-13(16)10(4)21(19,20)11-6-5-9(3)12(7-11)14(17)18/h5-8,10H,1-4H3,(H,15,16)(H,17,18). The Bertz CT molecular complexity index is 664. The van der Waals surface area contributed by atoms with E-state index in [0.717, 1.165) is 6.07 Å². The maximum Gasteiger partial charge on any atom is 0.335 e. The number of sulfone groups is 1. The van der Waals surface area contributed by atoms with Crippen molar-refractivity contribution in [2.45, 2.75) is 43.9 Å². The van der Waals surface area contributed by atoms with Crippen LogP contribution in [-0.4, -0.2) is 36.7 Å². The SMILES string of the molecule is Cc1ccc(S(=O)(=O)C(C)C(=O)NC(C)C)cc1C(=O)O. The first-order valence-corrected chi connectivity index (χ1v) is 8.00. The quantitative estimate of drug-likeness (QED) is 0.855. The molecule has 1 unspecified atom stereocenters. The number of carbonyl (C=O) groups excluding carboxylic acids is 1. The molecule has 1 aromatic carbocycles. The third-order valence-corrected chi connectivity index (χ3v) is 5.09. The number of benzene rings is 1. The molecule has 1 atom stereocenters. The minimum absolute atomic E-state index is 0.0902. The van der Waals surface area contributed by atoms with E-state index in [1.54, 1.807) is 20.8 Å². The number of rotatable bonds is 5. The number of hydrogen-bond donors (Lipinski definition) is 2. The molecule has 0 aromatic heterocycles. The molecule has 0 aliphatic carbocycles. The average Bonchev–Trinajstić information content (AvgIpc) is 2.36. The van der Waals surface area contributed by atoms with Crippen molar-refractivity contribution in [1.82, 2.24) is 5.32 Å². The highest BCUT2D eigenvalue weighted by molar-refractivity contribution is 7.92. The first-order chi connectivity index (χ1) is 9.57. The number of aromatic carboxylic acids is 1. The Morgan fingerprint density at radius 1 is 1.19 bits per heavy atom. The molecule has 2 N–H and O–H groups in total. The third kappa shape index (κ3) is 3.81. The molecule has 0 fully saturated rings. The van der Waals surface area contributed by atoms with E-state index in [9.17, 15) is 18.0 Å². The second-order valence-corrected chi connectivity index (χ2v) is 7.40. The summed E-state index contributed by atoms with van der Waals surface area (Å²) in [5.41, 5.74) is 0.369. The van der Waals surface area contributed by atoms with Crippen molar-refractivity contribution >= 4 is 21.7 Å². The topological polar surface area (TPSA) is 101 Å². The Morgan fingerprint density at radius 2 is 1.76 bits per heavy atom. The summed E-state index contributed by atoms with van der Waals surface area (Å²) < 4.78 is 24.8. The van der Waals surface area contributed by atoms with Gasteiger partial charge in [-0.25, -0.2) is 13.2 Å². The monoisotopic (exact) mass is 313 g/mol. The summed E-state index contributed by atoms with van der Waals surface area (Å²) in [6.07, 6.45) is 0. The Hall–Kier alpha value is -1.89. The minimum Gasteiger partial charge on any atom is -0.478 e. The van der Waals surface area contributed by atoms with E-state index in [1.807, 2.05) is 0 Å². The first kappa shape index (κ1) is 17.2. The highest BCUT2D eigenvalue weighted by atomic mass is 32.2. The lowest BCUT2D eigenvalue weighted by Crippen LogP contribution is -2.41. The molecular formula is C14H19NO5S. The molecule has 116 valence electrons. The van der Waals surface area contributed by atoms with Crippen LogP contribution in [0, 0.1) is 6.92 Å². The van der Waals surface area contributed by atoms with Crippen molar-refractivity contribution in [3.05, 3.63) is 29.3 Å². The van der Waals surface area contributed by atoms with Crippen molar-refractivity contribution in [3.8, 4) is 0 Å². The highest BCUT2D eigenvalue weighted by Crippen LogP contribution is 2.20. The Morgan fingerprint density at radius 3 is 2.24 bits per heavy atom. The average molecular weight is 313 g/mol. The Balaban J connectivity index is 3.22. The van der Waals surface area contributed by atoms with Crippen LogP contribution < -0.4 is 5.32 Å². The summed E-state index contributed by atoms with van der Waals surface area (Å²) in [7, 11) is -3.93. The third-order valence-electron chi connectivity index (χ3n) is 3.03. The van der Waals surface area contributed by atoms with Crippen molar-refractivity contribution in [2.75, 3.05) is 0 Å². The molecule has 0 radical (unpaired) electrons. The summed E-state index contributed by atoms with van der Waals surface area (Å²) in [5.74, 6) is -1.81. The Labute approximate surface area is 124 Å². The fraction of sp³-hybridized carbons (Fsp3) is 0.429. The molecule has 21 heavy (non-hydrogen) atoms. The molecule has 1 aromatic rings. The number of carboxylic acid groups (broad SMARTS) is 1. The fourth-order valence-corrected chi connectivity index (χ4v) is 3.05. The van der Waals surface area contributed by atoms with Gasteiger partial charge in [0.05, 0.1) is 10.5 Å². The number of carbonyl (C=O) groups is 2. The summed E-state index contributed by atoms with van der Waals surface area (Å²) in [6.45, 7) is 6.32. The van der Waals surface area contributed by atoms with Gasteiger partial charge >= 0.3 is 5.97 Å². The van der Waals surface area contributed by atoms with Crippen molar-refractivity contribution in [2.24, 2.45) is 0 Å². The molecule has 0 bridgehead atoms. The van der Waals surface area contributed by atoms with E-state index in [0.29, 0.717) is 5.56 Å². The zero-order chi connectivity index (χ0) is 16.4. The van der Waals surface area contributed by atoms with E-state index in [-0.39, 0.29) is 16.5 Å². The van der Waals surface area contributed by atoms with Crippen LogP contribution in [0.3, 0.4) is 0 Å². The van der Waals surface area contributed by atoms with Crippen LogP contribution in [0.2, 0.25) is 0 Å². The predicted octanol–water partition coefficient (Wildman–Crippen LogP) is 1.38. The first-order valence-electron chi connectivity index (χ1n) is 6.45. The van der Waals surface area contributed by atoms with E-state index in [1.165, 1.54) is 19.1 Å². The summed E-state index contributed by atoms with van der Waals surface area (Å²) in [6, 6.07) is 3.65. The van der Waals surface area contributed by atoms with Crippen molar-refractivity contribution in [1.29, 1.82) is 0 Å². The second kappa shape index (κ2) is 6.26. The van der Waals surface area contributed by atoms with E-state index < -0.39 is 27.0 Å². The molecule has 1 amide bonds. The van der Waals surface area contributed by atoms with Crippen LogP contribution in [-0.2, 0) is 14.6 Å². The van der Waals surface area contributed by atoms with E-state index in [2.05, 4.69) is 5.32 Å². The van der Waals surface area contributed by atoms with Gasteiger partial charge < -0.3 is 10.4 Å². The fourth-order valence-electron chi connectivity index (χ4n) is 1.76. The van der Waals surface area contributed by atoms with Crippen LogP contribution >= 0.6 is 0 Å². The van der Waals surface area contributed by atoms with E-state index >= 15 is 0 Å². The zero-order valence-electron chi connectivity index (χ0n) is 12.4. The molecule has 0 saturated carbocycles. The summed E-state index contributed by atoms with van der Waals surface area (Å²) >= 11 is 0. The number of nitrogens with one attached hydrogen (secondary N) is 1. The normalized spacial score (nSPS) is 13.0. The van der Waals surface area contributed by atoms with Gasteiger partial charge in [0, 0.05) is 6.04 Å². The van der Waals surface area contributed by atoms with Crippen LogP contribution in [0.4, 0.5) is 0 Å². The lowest BCUT2D eigenvalue weighted by atomic mass is 10.1. The maximum absolute atomic E-state index is 12.4. The summed E-state index contributed by atoms with van der Waals surface area (Å²) in [5, 5.41) is 10.3. The van der Waals surface area contributed by atoms with Crippen molar-refractivity contribution in [3.63, 3.8) is 0 Å².